The molecule has 0 saturated carbocycles. The molecule has 0 aromatic heterocycles. The first-order valence-electron chi connectivity index (χ1n) is 11.4. The number of hydrogen-bond donors (Lipinski definition) is 0. The van der Waals surface area contributed by atoms with Gasteiger partial charge in [-0.15, -0.1) is 0 Å². The van der Waals surface area contributed by atoms with Crippen molar-refractivity contribution in [3.05, 3.63) is 71.8 Å². The van der Waals surface area contributed by atoms with Crippen LogP contribution in [0.2, 0.25) is 0 Å². The first kappa shape index (κ1) is 28.0. The Morgan fingerprint density at radius 2 is 0.811 bits per heavy atom. The highest BCUT2D eigenvalue weighted by atomic mass is 17.1. The first-order chi connectivity index (χ1) is 17.8. The summed E-state index contributed by atoms with van der Waals surface area (Å²) in [6, 6.07) is 18.0. The van der Waals surface area contributed by atoms with Crippen LogP contribution < -0.4 is 0 Å². The molecule has 2 aliphatic heterocycles. The van der Waals surface area contributed by atoms with Gasteiger partial charge in [-0.1, -0.05) is 60.7 Å². The molecular formula is C26H34O11. The second-order valence-electron chi connectivity index (χ2n) is 8.25. The number of benzene rings is 2. The van der Waals surface area contributed by atoms with E-state index in [0.717, 1.165) is 0 Å². The van der Waals surface area contributed by atoms with Crippen LogP contribution in [0.1, 0.15) is 11.1 Å². The molecule has 2 aromatic carbocycles. The van der Waals surface area contributed by atoms with E-state index >= 15 is 0 Å². The van der Waals surface area contributed by atoms with Gasteiger partial charge in [0, 0.05) is 68.0 Å². The van der Waals surface area contributed by atoms with Crippen molar-refractivity contribution in [2.24, 2.45) is 0 Å². The highest BCUT2D eigenvalue weighted by molar-refractivity contribution is 5.32. The Bertz CT molecular complexity index is 962. The first-order valence-corrected chi connectivity index (χ1v) is 11.4. The molecule has 0 aliphatic carbocycles. The molecule has 4 unspecified atom stereocenters. The third-order valence-corrected chi connectivity index (χ3v) is 6.97. The van der Waals surface area contributed by atoms with E-state index in [9.17, 15) is 0 Å². The molecule has 0 radical (unpaired) electrons. The summed E-state index contributed by atoms with van der Waals surface area (Å²) in [7, 11) is 11.4. The number of epoxide rings is 2. The van der Waals surface area contributed by atoms with Crippen LogP contribution in [0, 0.1) is 0 Å². The zero-order chi connectivity index (χ0) is 27.0. The van der Waals surface area contributed by atoms with Gasteiger partial charge < -0.3 is 37.9 Å². The van der Waals surface area contributed by atoms with Gasteiger partial charge >= 0.3 is 23.5 Å². The molecule has 2 saturated heterocycles. The van der Waals surface area contributed by atoms with Gasteiger partial charge in [-0.25, -0.2) is 0 Å². The topological polar surface area (TPSA) is 108 Å². The molecule has 204 valence electrons. The van der Waals surface area contributed by atoms with Gasteiger partial charge in [0.1, 0.15) is 0 Å². The second-order valence-corrected chi connectivity index (χ2v) is 8.25. The van der Waals surface area contributed by atoms with Crippen LogP contribution in [-0.2, 0) is 63.7 Å². The average Bonchev–Trinajstić information content (AvgIpc) is 3.86. The molecular weight excluding hydrogens is 488 g/mol. The summed E-state index contributed by atoms with van der Waals surface area (Å²) in [5, 5.41) is 0. The maximum atomic E-state index is 6.99. The maximum absolute atomic E-state index is 6.99. The van der Waals surface area contributed by atoms with E-state index in [1.54, 1.807) is 24.3 Å². The fourth-order valence-corrected chi connectivity index (χ4v) is 5.08. The molecule has 4 atom stereocenters. The largest absolute Gasteiger partial charge is 0.349 e. The van der Waals surface area contributed by atoms with Gasteiger partial charge in [-0.05, 0) is 0 Å². The van der Waals surface area contributed by atoms with Crippen molar-refractivity contribution in [1.29, 1.82) is 0 Å². The molecule has 2 fully saturated rings. The van der Waals surface area contributed by atoms with Crippen molar-refractivity contribution in [3.63, 3.8) is 0 Å². The lowest BCUT2D eigenvalue weighted by Gasteiger charge is -2.46. The normalized spacial score (nSPS) is 28.8. The fraction of sp³-hybridized carbons (Fsp3) is 0.538. The molecule has 0 bridgehead atoms. The molecule has 4 rings (SSSR count). The molecule has 2 aromatic rings. The lowest BCUT2D eigenvalue weighted by Crippen LogP contribution is -2.62. The van der Waals surface area contributed by atoms with Crippen LogP contribution in [0.25, 0.3) is 0 Å². The molecule has 11 heteroatoms. The standard InChI is InChI=1S/C26H34O11/c1-27-21(19-15-11-9-12-16-19,23(29-3)25(31-5,32-6)36-23)35-22(28-2,20-17-13-10-14-18-20)24(30-4)26(33-7,34-8)37-24/h9-18H,1-8H3. The highest BCUT2D eigenvalue weighted by Crippen LogP contribution is 2.67. The molecule has 37 heavy (non-hydrogen) atoms. The zero-order valence-corrected chi connectivity index (χ0v) is 22.3. The Labute approximate surface area is 216 Å². The summed E-state index contributed by atoms with van der Waals surface area (Å²) in [6.45, 7) is 0. The molecule has 11 nitrogen and oxygen atoms in total. The summed E-state index contributed by atoms with van der Waals surface area (Å²) < 4.78 is 65.7. The van der Waals surface area contributed by atoms with E-state index < -0.39 is 35.1 Å². The summed E-state index contributed by atoms with van der Waals surface area (Å²) >= 11 is 0. The molecule has 0 spiro atoms. The maximum Gasteiger partial charge on any atom is 0.349 e. The van der Waals surface area contributed by atoms with Crippen molar-refractivity contribution in [1.82, 2.24) is 0 Å². The van der Waals surface area contributed by atoms with E-state index in [-0.39, 0.29) is 0 Å². The van der Waals surface area contributed by atoms with E-state index in [4.69, 9.17) is 52.1 Å². The minimum atomic E-state index is -1.91. The number of rotatable bonds is 14. The van der Waals surface area contributed by atoms with Gasteiger partial charge in [-0.3, -0.25) is 14.2 Å². The van der Waals surface area contributed by atoms with Crippen molar-refractivity contribution in [3.8, 4) is 0 Å². The molecule has 0 N–H and O–H groups in total. The summed E-state index contributed by atoms with van der Waals surface area (Å²) in [5.41, 5.74) is 0.972. The second kappa shape index (κ2) is 9.95. The van der Waals surface area contributed by atoms with Crippen LogP contribution in [0.4, 0.5) is 0 Å². The highest BCUT2D eigenvalue weighted by Gasteiger charge is 2.92. The third kappa shape index (κ3) is 3.48. The van der Waals surface area contributed by atoms with Crippen LogP contribution in [-0.4, -0.2) is 80.4 Å². The quantitative estimate of drug-likeness (QED) is 0.270. The van der Waals surface area contributed by atoms with E-state index in [1.807, 2.05) is 36.4 Å². The fourth-order valence-electron chi connectivity index (χ4n) is 5.08. The SMILES string of the molecule is COC1(OC)OC1(OC)C(OC)(OC(OC)(c1ccccc1)C1(OC)OC1(OC)OC)c1ccccc1. The summed E-state index contributed by atoms with van der Waals surface area (Å²) in [6.07, 6.45) is 0. The van der Waals surface area contributed by atoms with E-state index in [1.165, 1.54) is 56.9 Å². The lowest BCUT2D eigenvalue weighted by molar-refractivity contribution is -0.451. The van der Waals surface area contributed by atoms with Crippen LogP contribution in [0.3, 0.4) is 0 Å². The summed E-state index contributed by atoms with van der Waals surface area (Å²) in [4.78, 5) is 0. The van der Waals surface area contributed by atoms with Crippen molar-refractivity contribution < 1.29 is 52.1 Å². The predicted molar refractivity (Wildman–Crippen MR) is 126 cm³/mol. The Morgan fingerprint density at radius 3 is 1.03 bits per heavy atom. The van der Waals surface area contributed by atoms with Crippen molar-refractivity contribution >= 4 is 0 Å². The van der Waals surface area contributed by atoms with Gasteiger partial charge in [0.15, 0.2) is 0 Å². The van der Waals surface area contributed by atoms with E-state index in [0.29, 0.717) is 11.1 Å². The Morgan fingerprint density at radius 1 is 0.486 bits per heavy atom. The van der Waals surface area contributed by atoms with Crippen LogP contribution in [0.5, 0.6) is 0 Å². The predicted octanol–water partition coefficient (Wildman–Crippen LogP) is 2.64. The van der Waals surface area contributed by atoms with Gasteiger partial charge in [0.25, 0.3) is 11.6 Å². The Hall–Kier alpha value is -2.00. The zero-order valence-electron chi connectivity index (χ0n) is 22.3. The Kier molecular flexibility index (Phi) is 7.54. The third-order valence-electron chi connectivity index (χ3n) is 6.97. The monoisotopic (exact) mass is 522 g/mol. The summed E-state index contributed by atoms with van der Waals surface area (Å²) in [5.74, 6) is -10.8. The van der Waals surface area contributed by atoms with Crippen molar-refractivity contribution in [2.75, 3.05) is 56.9 Å². The molecule has 2 heterocycles. The molecule has 2 aliphatic rings. The van der Waals surface area contributed by atoms with Gasteiger partial charge in [0.2, 0.25) is 0 Å². The van der Waals surface area contributed by atoms with Gasteiger partial charge in [0.05, 0.1) is 0 Å². The minimum Gasteiger partial charge on any atom is -0.345 e. The van der Waals surface area contributed by atoms with Crippen molar-refractivity contribution in [2.45, 2.75) is 35.1 Å². The van der Waals surface area contributed by atoms with Gasteiger partial charge in [-0.2, -0.15) is 0 Å². The molecule has 0 amide bonds. The average molecular weight is 523 g/mol. The van der Waals surface area contributed by atoms with Crippen LogP contribution in [0.15, 0.2) is 60.7 Å². The number of methoxy groups -OCH3 is 8. The number of hydrogen-bond acceptors (Lipinski definition) is 11. The lowest BCUT2D eigenvalue weighted by atomic mass is 9.93. The number of ether oxygens (including phenoxy) is 11. The van der Waals surface area contributed by atoms with E-state index in [2.05, 4.69) is 0 Å². The minimum absolute atomic E-state index is 0.486. The Balaban J connectivity index is 2.03. The van der Waals surface area contributed by atoms with Crippen LogP contribution >= 0.6 is 0 Å². The smallest absolute Gasteiger partial charge is 0.345 e.